The Balaban J connectivity index is 5.28. The largest absolute Gasteiger partial charge is 0.472 e. The average molecular weight is 1280 g/mol. The van der Waals surface area contributed by atoms with Crippen LogP contribution in [0.25, 0.3) is 0 Å². The van der Waals surface area contributed by atoms with Crippen molar-refractivity contribution in [1.29, 1.82) is 0 Å². The van der Waals surface area contributed by atoms with Crippen LogP contribution in [0.4, 0.5) is 0 Å². The van der Waals surface area contributed by atoms with Crippen LogP contribution in [0.5, 0.6) is 0 Å². The molecule has 0 aliphatic carbocycles. The molecule has 3 N–H and O–H groups in total. The SMILES string of the molecule is CCC(C)CCCCCCCCCCC(=O)OC[C@H](COP(=O)(O)OC[C@@H](O)COP(=O)(O)OC[C@@H](COC(=O)CCCCCCCCC(C)CC)OC(=O)CCCCCCCCCCCC(C)C)OC(=O)CCCCCCCCCCCCC(C)C. The summed E-state index contributed by atoms with van der Waals surface area (Å²) >= 11 is 0. The second kappa shape index (κ2) is 57.9. The number of ether oxygens (including phenoxy) is 4. The molecule has 0 aromatic rings. The highest BCUT2D eigenvalue weighted by atomic mass is 31.2. The number of hydrogen-bond acceptors (Lipinski definition) is 15. The molecule has 0 radical (unpaired) electrons. The molecule has 0 amide bonds. The molecule has 0 bridgehead atoms. The van der Waals surface area contributed by atoms with Crippen molar-refractivity contribution in [3.63, 3.8) is 0 Å². The highest BCUT2D eigenvalue weighted by molar-refractivity contribution is 7.47. The van der Waals surface area contributed by atoms with Crippen LogP contribution in [-0.4, -0.2) is 96.7 Å². The van der Waals surface area contributed by atoms with E-state index in [-0.39, 0.29) is 25.7 Å². The second-order valence-electron chi connectivity index (χ2n) is 26.0. The first-order valence-electron chi connectivity index (χ1n) is 35.3. The molecule has 0 saturated carbocycles. The molecule has 0 aromatic heterocycles. The molecule has 0 aliphatic rings. The first-order chi connectivity index (χ1) is 41.7. The number of phosphoric ester groups is 2. The molecule has 17 nitrogen and oxygen atoms in total. The summed E-state index contributed by atoms with van der Waals surface area (Å²) in [5.41, 5.74) is 0. The number of phosphoric acid groups is 2. The molecule has 0 heterocycles. The van der Waals surface area contributed by atoms with Gasteiger partial charge >= 0.3 is 39.5 Å². The lowest BCUT2D eigenvalue weighted by Gasteiger charge is -2.21. The molecule has 4 unspecified atom stereocenters. The van der Waals surface area contributed by atoms with Crippen LogP contribution in [0, 0.1) is 23.7 Å². The van der Waals surface area contributed by atoms with E-state index in [1.807, 2.05) is 0 Å². The zero-order chi connectivity index (χ0) is 64.7. The molecule has 0 aliphatic heterocycles. The van der Waals surface area contributed by atoms with Crippen molar-refractivity contribution in [3.05, 3.63) is 0 Å². The lowest BCUT2D eigenvalue weighted by atomic mass is 9.99. The van der Waals surface area contributed by atoms with Crippen LogP contribution >= 0.6 is 15.6 Å². The number of aliphatic hydroxyl groups is 1. The van der Waals surface area contributed by atoms with E-state index in [9.17, 15) is 43.2 Å². The van der Waals surface area contributed by atoms with Gasteiger partial charge < -0.3 is 33.8 Å². The van der Waals surface area contributed by atoms with Gasteiger partial charge in [0, 0.05) is 25.7 Å². The maximum Gasteiger partial charge on any atom is 0.472 e. The zero-order valence-electron chi connectivity index (χ0n) is 56.6. The summed E-state index contributed by atoms with van der Waals surface area (Å²) in [6, 6.07) is 0. The van der Waals surface area contributed by atoms with Crippen LogP contribution in [0.15, 0.2) is 0 Å². The summed E-state index contributed by atoms with van der Waals surface area (Å²) in [4.78, 5) is 72.4. The van der Waals surface area contributed by atoms with Gasteiger partial charge in [0.15, 0.2) is 12.2 Å². The van der Waals surface area contributed by atoms with Gasteiger partial charge in [0.2, 0.25) is 0 Å². The number of unbranched alkanes of at least 4 members (excludes halogenated alkanes) is 29. The highest BCUT2D eigenvalue weighted by Crippen LogP contribution is 2.45. The summed E-state index contributed by atoms with van der Waals surface area (Å²) in [6.45, 7) is 14.1. The standard InChI is InChI=1S/C68H132O17P2/c1-9-60(7)46-38-30-22-18-19-23-32-40-48-65(70)78-54-63(84-67(72)50-42-34-24-16-12-11-14-20-28-36-44-58(3)4)56-82-86(74,75)80-52-62(69)53-81-87(76,77)83-57-64(55-79-66(71)49-41-33-27-26-31-39-47-61(8)10-2)85-68(73)51-43-35-25-17-13-15-21-29-37-45-59(5)6/h58-64,69H,9-57H2,1-8H3,(H,74,75)(H,76,77)/t60?,61?,62-,63-,64-/m1/s1. The van der Waals surface area contributed by atoms with Crippen molar-refractivity contribution < 1.29 is 80.2 Å². The van der Waals surface area contributed by atoms with E-state index in [4.69, 9.17) is 37.0 Å². The van der Waals surface area contributed by atoms with E-state index >= 15 is 0 Å². The molecular weight excluding hydrogens is 1150 g/mol. The third kappa shape index (κ3) is 60.1. The van der Waals surface area contributed by atoms with Gasteiger partial charge in [0.1, 0.15) is 19.3 Å². The highest BCUT2D eigenvalue weighted by Gasteiger charge is 2.30. The lowest BCUT2D eigenvalue weighted by Crippen LogP contribution is -2.30. The number of aliphatic hydroxyl groups excluding tert-OH is 1. The fourth-order valence-corrected chi connectivity index (χ4v) is 11.7. The van der Waals surface area contributed by atoms with Crippen LogP contribution in [0.2, 0.25) is 0 Å². The van der Waals surface area contributed by atoms with Crippen LogP contribution in [0.1, 0.15) is 331 Å². The van der Waals surface area contributed by atoms with Gasteiger partial charge in [-0.2, -0.15) is 0 Å². The number of carbonyl (C=O) groups is 4. The van der Waals surface area contributed by atoms with E-state index in [1.165, 1.54) is 128 Å². The Morgan fingerprint density at radius 3 is 0.816 bits per heavy atom. The van der Waals surface area contributed by atoms with Gasteiger partial charge in [-0.1, -0.05) is 280 Å². The molecule has 87 heavy (non-hydrogen) atoms. The fourth-order valence-electron chi connectivity index (χ4n) is 10.1. The summed E-state index contributed by atoms with van der Waals surface area (Å²) in [5.74, 6) is 0.863. The minimum Gasteiger partial charge on any atom is -0.462 e. The second-order valence-corrected chi connectivity index (χ2v) is 28.9. The number of carbonyl (C=O) groups excluding carboxylic acids is 4. The number of esters is 4. The molecule has 0 fully saturated rings. The predicted octanol–water partition coefficient (Wildman–Crippen LogP) is 18.9. The molecule has 0 rings (SSSR count). The van der Waals surface area contributed by atoms with Gasteiger partial charge in [0.05, 0.1) is 26.4 Å². The third-order valence-electron chi connectivity index (χ3n) is 16.3. The smallest absolute Gasteiger partial charge is 0.462 e. The first-order valence-corrected chi connectivity index (χ1v) is 38.3. The minimum atomic E-state index is -4.95. The number of hydrogen-bond donors (Lipinski definition) is 3. The van der Waals surface area contributed by atoms with Crippen LogP contribution < -0.4 is 0 Å². The third-order valence-corrected chi connectivity index (χ3v) is 18.2. The first kappa shape index (κ1) is 85.1. The molecule has 0 saturated heterocycles. The van der Waals surface area contributed by atoms with Crippen molar-refractivity contribution in [3.8, 4) is 0 Å². The molecule has 19 heteroatoms. The Morgan fingerprint density at radius 2 is 0.552 bits per heavy atom. The van der Waals surface area contributed by atoms with Gasteiger partial charge in [0.25, 0.3) is 0 Å². The molecular formula is C68H132O17P2. The zero-order valence-corrected chi connectivity index (χ0v) is 58.4. The fraction of sp³-hybridized carbons (Fsp3) is 0.941. The van der Waals surface area contributed by atoms with E-state index in [1.54, 1.807) is 0 Å². The lowest BCUT2D eigenvalue weighted by molar-refractivity contribution is -0.161. The number of rotatable bonds is 65. The Morgan fingerprint density at radius 1 is 0.322 bits per heavy atom. The van der Waals surface area contributed by atoms with Gasteiger partial charge in [-0.05, 0) is 49.4 Å². The Bertz CT molecular complexity index is 1730. The van der Waals surface area contributed by atoms with Crippen molar-refractivity contribution in [2.24, 2.45) is 23.7 Å². The molecule has 7 atom stereocenters. The average Bonchev–Trinajstić information content (AvgIpc) is 3.68. The van der Waals surface area contributed by atoms with Crippen molar-refractivity contribution in [1.82, 2.24) is 0 Å². The molecule has 0 aromatic carbocycles. The molecule has 516 valence electrons. The summed E-state index contributed by atoms with van der Waals surface area (Å²) in [5, 5.41) is 10.6. The normalized spacial score (nSPS) is 15.0. The topological polar surface area (TPSA) is 237 Å². The van der Waals surface area contributed by atoms with Crippen molar-refractivity contribution >= 4 is 39.5 Å². The van der Waals surface area contributed by atoms with E-state index in [2.05, 4.69) is 55.4 Å². The monoisotopic (exact) mass is 1280 g/mol. The summed E-state index contributed by atoms with van der Waals surface area (Å²) in [6.07, 6.45) is 38.9. The van der Waals surface area contributed by atoms with Crippen LogP contribution in [0.3, 0.4) is 0 Å². The van der Waals surface area contributed by atoms with Crippen molar-refractivity contribution in [2.45, 2.75) is 350 Å². The Hall–Kier alpha value is -1.94. The maximum atomic E-state index is 13.0. The van der Waals surface area contributed by atoms with E-state index in [0.29, 0.717) is 25.7 Å². The Kier molecular flexibility index (Phi) is 56.6. The van der Waals surface area contributed by atoms with Gasteiger partial charge in [-0.3, -0.25) is 37.3 Å². The van der Waals surface area contributed by atoms with E-state index < -0.39 is 97.5 Å². The van der Waals surface area contributed by atoms with E-state index in [0.717, 1.165) is 120 Å². The summed E-state index contributed by atoms with van der Waals surface area (Å²) in [7, 11) is -9.90. The van der Waals surface area contributed by atoms with Crippen LogP contribution in [-0.2, 0) is 65.4 Å². The van der Waals surface area contributed by atoms with Crippen molar-refractivity contribution in [2.75, 3.05) is 39.6 Å². The quantitative estimate of drug-likeness (QED) is 0.0222. The molecule has 0 spiro atoms. The van der Waals surface area contributed by atoms with Gasteiger partial charge in [-0.15, -0.1) is 0 Å². The minimum absolute atomic E-state index is 0.104. The maximum absolute atomic E-state index is 13.0. The predicted molar refractivity (Wildman–Crippen MR) is 349 cm³/mol. The Labute approximate surface area is 530 Å². The van der Waals surface area contributed by atoms with Gasteiger partial charge in [-0.25, -0.2) is 9.13 Å². The summed E-state index contributed by atoms with van der Waals surface area (Å²) < 4.78 is 68.2.